The molecule has 6 heteroatoms. The van der Waals surface area contributed by atoms with E-state index in [1.165, 1.54) is 0 Å². The average molecular weight is 372 g/mol. The molecule has 0 aromatic rings. The molecule has 0 saturated carbocycles. The number of methoxy groups -OCH3 is 1. The number of guanidine groups is 1. The molecule has 0 saturated heterocycles. The van der Waals surface area contributed by atoms with Crippen molar-refractivity contribution in [3.05, 3.63) is 0 Å². The highest BCUT2D eigenvalue weighted by Crippen LogP contribution is 1.93. The minimum absolute atomic E-state index is 0. The van der Waals surface area contributed by atoms with Crippen LogP contribution >= 0.6 is 24.0 Å². The molecule has 18 heavy (non-hydrogen) atoms. The van der Waals surface area contributed by atoms with Gasteiger partial charge in [0.2, 0.25) is 0 Å². The number of hydrogen-bond acceptors (Lipinski definition) is 3. The predicted molar refractivity (Wildman–Crippen MR) is 89.1 cm³/mol. The van der Waals surface area contributed by atoms with E-state index in [-0.39, 0.29) is 24.0 Å². The minimum atomic E-state index is 0. The summed E-state index contributed by atoms with van der Waals surface area (Å²) in [6, 6.07) is 0. The Morgan fingerprint density at radius 1 is 1.00 bits per heavy atom. The van der Waals surface area contributed by atoms with Crippen molar-refractivity contribution in [2.24, 2.45) is 4.99 Å². The molecule has 0 heterocycles. The molecule has 0 spiro atoms. The zero-order chi connectivity index (χ0) is 13.3. The Hall–Kier alpha value is -0.0800. The van der Waals surface area contributed by atoms with Gasteiger partial charge in [-0.25, -0.2) is 0 Å². The second-order valence-corrected chi connectivity index (χ2v) is 4.62. The third-order valence-electron chi connectivity index (χ3n) is 2.43. The summed E-state index contributed by atoms with van der Waals surface area (Å²) < 4.78 is 5.04. The van der Waals surface area contributed by atoms with Crippen molar-refractivity contribution in [3.8, 4) is 0 Å². The van der Waals surface area contributed by atoms with Crippen LogP contribution in [-0.4, -0.2) is 89.2 Å². The average Bonchev–Trinajstić information content (AvgIpc) is 2.24. The summed E-state index contributed by atoms with van der Waals surface area (Å²) in [7, 11) is 11.9. The molecule has 0 aromatic heterocycles. The van der Waals surface area contributed by atoms with Crippen LogP contribution in [0.3, 0.4) is 0 Å². The lowest BCUT2D eigenvalue weighted by Gasteiger charge is -2.23. The Morgan fingerprint density at radius 2 is 1.56 bits per heavy atom. The van der Waals surface area contributed by atoms with Crippen molar-refractivity contribution in [2.45, 2.75) is 6.42 Å². The van der Waals surface area contributed by atoms with Crippen LogP contribution in [0.15, 0.2) is 4.99 Å². The third kappa shape index (κ3) is 9.90. The molecule has 0 amide bonds. The summed E-state index contributed by atoms with van der Waals surface area (Å²) in [5.74, 6) is 1.02. The summed E-state index contributed by atoms with van der Waals surface area (Å²) in [4.78, 5) is 10.9. The van der Waals surface area contributed by atoms with Crippen molar-refractivity contribution in [1.29, 1.82) is 0 Å². The van der Waals surface area contributed by atoms with Gasteiger partial charge in [-0.2, -0.15) is 0 Å². The number of rotatable bonds is 7. The van der Waals surface area contributed by atoms with Crippen LogP contribution in [0.5, 0.6) is 0 Å². The Morgan fingerprint density at radius 3 is 2.00 bits per heavy atom. The number of hydrogen-bond donors (Lipinski definition) is 0. The fourth-order valence-electron chi connectivity index (χ4n) is 1.56. The van der Waals surface area contributed by atoms with E-state index >= 15 is 0 Å². The summed E-state index contributed by atoms with van der Waals surface area (Å²) in [5.41, 5.74) is 0. The first-order valence-corrected chi connectivity index (χ1v) is 6.05. The maximum Gasteiger partial charge on any atom is 0.195 e. The fraction of sp³-hybridized carbons (Fsp3) is 0.917. The van der Waals surface area contributed by atoms with Crippen LogP contribution < -0.4 is 0 Å². The van der Waals surface area contributed by atoms with Gasteiger partial charge in [-0.15, -0.1) is 24.0 Å². The molecule has 0 radical (unpaired) electrons. The van der Waals surface area contributed by atoms with Gasteiger partial charge in [0.25, 0.3) is 0 Å². The highest BCUT2D eigenvalue weighted by Gasteiger charge is 2.03. The maximum absolute atomic E-state index is 5.04. The molecule has 0 unspecified atom stereocenters. The molecule has 0 bridgehead atoms. The predicted octanol–water partition coefficient (Wildman–Crippen LogP) is 1.05. The Labute approximate surface area is 129 Å². The van der Waals surface area contributed by atoms with E-state index in [4.69, 9.17) is 4.74 Å². The van der Waals surface area contributed by atoms with Gasteiger partial charge in [0.15, 0.2) is 5.96 Å². The van der Waals surface area contributed by atoms with E-state index in [1.54, 1.807) is 7.11 Å². The van der Waals surface area contributed by atoms with Gasteiger partial charge in [0, 0.05) is 48.4 Å². The Bertz CT molecular complexity index is 212. The molecular weight excluding hydrogens is 343 g/mol. The van der Waals surface area contributed by atoms with Crippen LogP contribution in [0.4, 0.5) is 0 Å². The van der Waals surface area contributed by atoms with Crippen LogP contribution in [0.2, 0.25) is 0 Å². The van der Waals surface area contributed by atoms with Crippen molar-refractivity contribution < 1.29 is 4.74 Å². The van der Waals surface area contributed by atoms with E-state index < -0.39 is 0 Å². The fourth-order valence-corrected chi connectivity index (χ4v) is 1.56. The van der Waals surface area contributed by atoms with Gasteiger partial charge < -0.3 is 19.4 Å². The lowest BCUT2D eigenvalue weighted by molar-refractivity contribution is 0.161. The van der Waals surface area contributed by atoms with Crippen molar-refractivity contribution in [2.75, 3.05) is 68.6 Å². The Kier molecular flexibility index (Phi) is 13.5. The lowest BCUT2D eigenvalue weighted by Crippen LogP contribution is -2.35. The number of halogens is 1. The van der Waals surface area contributed by atoms with Crippen molar-refractivity contribution in [1.82, 2.24) is 14.7 Å². The molecular formula is C12H29IN4O. The first-order valence-electron chi connectivity index (χ1n) is 6.05. The minimum Gasteiger partial charge on any atom is -0.383 e. The largest absolute Gasteiger partial charge is 0.383 e. The zero-order valence-electron chi connectivity index (χ0n) is 12.6. The smallest absolute Gasteiger partial charge is 0.195 e. The standard InChI is InChI=1S/C12H28N4O.HI/c1-14(2)12(15(3)4)13-8-7-9-16(5)10-11-17-6;/h7-11H2,1-6H3;1H. The van der Waals surface area contributed by atoms with E-state index in [0.29, 0.717) is 0 Å². The number of ether oxygens (including phenoxy) is 1. The van der Waals surface area contributed by atoms with Crippen LogP contribution in [0.25, 0.3) is 0 Å². The highest BCUT2D eigenvalue weighted by atomic mass is 127. The molecule has 0 aromatic carbocycles. The second kappa shape index (κ2) is 12.0. The number of nitrogens with zero attached hydrogens (tertiary/aromatic N) is 4. The van der Waals surface area contributed by atoms with Crippen LogP contribution in [-0.2, 0) is 4.74 Å². The van der Waals surface area contributed by atoms with Gasteiger partial charge in [-0.3, -0.25) is 4.99 Å². The first kappa shape index (κ1) is 20.2. The van der Waals surface area contributed by atoms with Gasteiger partial charge >= 0.3 is 0 Å². The molecule has 0 aliphatic carbocycles. The molecule has 110 valence electrons. The van der Waals surface area contributed by atoms with E-state index in [2.05, 4.69) is 16.9 Å². The zero-order valence-corrected chi connectivity index (χ0v) is 15.0. The van der Waals surface area contributed by atoms with Gasteiger partial charge in [0.05, 0.1) is 6.61 Å². The lowest BCUT2D eigenvalue weighted by atomic mass is 10.4. The summed E-state index contributed by atoms with van der Waals surface area (Å²) in [5, 5.41) is 0. The van der Waals surface area contributed by atoms with Crippen molar-refractivity contribution in [3.63, 3.8) is 0 Å². The summed E-state index contributed by atoms with van der Waals surface area (Å²) >= 11 is 0. The Balaban J connectivity index is 0. The van der Waals surface area contributed by atoms with Crippen molar-refractivity contribution >= 4 is 29.9 Å². The number of aliphatic imine (C=N–C) groups is 1. The van der Waals surface area contributed by atoms with Crippen LogP contribution in [0.1, 0.15) is 6.42 Å². The topological polar surface area (TPSA) is 31.3 Å². The third-order valence-corrected chi connectivity index (χ3v) is 2.43. The van der Waals surface area contributed by atoms with E-state index in [1.807, 2.05) is 38.0 Å². The van der Waals surface area contributed by atoms with Crippen LogP contribution in [0, 0.1) is 0 Å². The molecule has 0 aliphatic rings. The molecule has 0 rings (SSSR count). The maximum atomic E-state index is 5.04. The van der Waals surface area contributed by atoms with Gasteiger partial charge in [0.1, 0.15) is 0 Å². The summed E-state index contributed by atoms with van der Waals surface area (Å²) in [6.45, 7) is 3.69. The normalized spacial score (nSPS) is 9.94. The quantitative estimate of drug-likeness (QED) is 0.289. The van der Waals surface area contributed by atoms with Gasteiger partial charge in [-0.05, 0) is 20.0 Å². The van der Waals surface area contributed by atoms with E-state index in [9.17, 15) is 0 Å². The molecule has 5 nitrogen and oxygen atoms in total. The highest BCUT2D eigenvalue weighted by molar-refractivity contribution is 14.0. The number of likely N-dealkylation sites (N-methyl/N-ethyl adjacent to an activating group) is 1. The molecule has 0 fully saturated rings. The summed E-state index contributed by atoms with van der Waals surface area (Å²) in [6.07, 6.45) is 1.07. The first-order chi connectivity index (χ1) is 7.99. The monoisotopic (exact) mass is 372 g/mol. The molecule has 0 aliphatic heterocycles. The van der Waals surface area contributed by atoms with Gasteiger partial charge in [-0.1, -0.05) is 0 Å². The SMILES string of the molecule is COCCN(C)CCCN=C(N(C)C)N(C)C.I. The molecule has 0 N–H and O–H groups in total. The molecule has 0 atom stereocenters. The van der Waals surface area contributed by atoms with E-state index in [0.717, 1.165) is 38.6 Å². The second-order valence-electron chi connectivity index (χ2n) is 4.62.